The van der Waals surface area contributed by atoms with Crippen molar-refractivity contribution < 1.29 is 19.1 Å². The molecule has 5 fully saturated rings. The van der Waals surface area contributed by atoms with E-state index in [2.05, 4.69) is 18.7 Å². The van der Waals surface area contributed by atoms with Gasteiger partial charge in [0, 0.05) is 12.1 Å². The SMILES string of the molecule is CCCCOC(=O)[C@@H]1C[C@@H]2CCCC[C@@H]2N1C(=O)[C@H](C)N1/C(=N/C2CCCCC2)N(C2CCCCC2)C(=O)C1CCC. The van der Waals surface area contributed by atoms with Gasteiger partial charge in [-0.3, -0.25) is 14.5 Å². The number of guanidine groups is 1. The van der Waals surface area contributed by atoms with Gasteiger partial charge in [0.15, 0.2) is 0 Å². The third-order valence-corrected chi connectivity index (χ3v) is 10.8. The van der Waals surface area contributed by atoms with Gasteiger partial charge in [-0.25, -0.2) is 9.79 Å². The molecule has 0 bridgehead atoms. The molecule has 2 saturated heterocycles. The average Bonchev–Trinajstić information content (AvgIpc) is 3.53. The molecule has 5 rings (SSSR count). The van der Waals surface area contributed by atoms with Crippen LogP contribution in [0.4, 0.5) is 0 Å². The van der Waals surface area contributed by atoms with Gasteiger partial charge in [-0.1, -0.05) is 78.1 Å². The van der Waals surface area contributed by atoms with E-state index in [4.69, 9.17) is 9.73 Å². The first-order chi connectivity index (χ1) is 20.5. The van der Waals surface area contributed by atoms with E-state index in [1.807, 2.05) is 16.7 Å². The molecule has 1 unspecified atom stereocenters. The minimum atomic E-state index is -0.562. The second kappa shape index (κ2) is 14.6. The van der Waals surface area contributed by atoms with Crippen LogP contribution in [0.1, 0.15) is 143 Å². The fourth-order valence-electron chi connectivity index (χ4n) is 8.54. The highest BCUT2D eigenvalue weighted by Gasteiger charge is 2.53. The number of likely N-dealkylation sites (tertiary alicyclic amines) is 1. The van der Waals surface area contributed by atoms with Crippen LogP contribution in [0, 0.1) is 5.92 Å². The fraction of sp³-hybridized carbons (Fsp3) is 0.882. The molecule has 8 heteroatoms. The number of carbonyl (C=O) groups excluding carboxylic acids is 3. The number of esters is 1. The minimum absolute atomic E-state index is 0.0300. The second-order valence-corrected chi connectivity index (χ2v) is 13.7. The lowest BCUT2D eigenvalue weighted by Gasteiger charge is -2.39. The summed E-state index contributed by atoms with van der Waals surface area (Å²) in [5, 5.41) is 0. The van der Waals surface area contributed by atoms with Gasteiger partial charge in [-0.15, -0.1) is 0 Å². The number of hydrogen-bond acceptors (Lipinski definition) is 5. The molecule has 2 amide bonds. The Labute approximate surface area is 254 Å². The van der Waals surface area contributed by atoms with Crippen LogP contribution >= 0.6 is 0 Å². The molecule has 0 radical (unpaired) electrons. The van der Waals surface area contributed by atoms with Gasteiger partial charge in [0.25, 0.3) is 5.91 Å². The maximum absolute atomic E-state index is 14.7. The van der Waals surface area contributed by atoms with Crippen LogP contribution in [0.5, 0.6) is 0 Å². The first kappa shape index (κ1) is 31.3. The van der Waals surface area contributed by atoms with Crippen molar-refractivity contribution in [2.75, 3.05) is 6.61 Å². The maximum atomic E-state index is 14.7. The molecule has 0 aromatic heterocycles. The van der Waals surface area contributed by atoms with Crippen molar-refractivity contribution in [2.45, 2.75) is 179 Å². The Morgan fingerprint density at radius 1 is 0.905 bits per heavy atom. The number of carbonyl (C=O) groups is 3. The molecular formula is C34H56N4O4. The van der Waals surface area contributed by atoms with E-state index >= 15 is 0 Å². The van der Waals surface area contributed by atoms with Crippen LogP contribution in [0.15, 0.2) is 4.99 Å². The smallest absolute Gasteiger partial charge is 0.328 e. The number of rotatable bonds is 10. The minimum Gasteiger partial charge on any atom is -0.464 e. The van der Waals surface area contributed by atoms with Crippen molar-refractivity contribution in [3.63, 3.8) is 0 Å². The molecule has 0 aromatic carbocycles. The maximum Gasteiger partial charge on any atom is 0.328 e. The highest BCUT2D eigenvalue weighted by Crippen LogP contribution is 2.42. The summed E-state index contributed by atoms with van der Waals surface area (Å²) < 4.78 is 5.72. The molecule has 3 aliphatic carbocycles. The van der Waals surface area contributed by atoms with Crippen molar-refractivity contribution >= 4 is 23.7 Å². The summed E-state index contributed by atoms with van der Waals surface area (Å²) >= 11 is 0. The van der Waals surface area contributed by atoms with Gasteiger partial charge in [0.2, 0.25) is 11.9 Å². The van der Waals surface area contributed by atoms with E-state index in [-0.39, 0.29) is 42.0 Å². The van der Waals surface area contributed by atoms with Gasteiger partial charge in [-0.2, -0.15) is 0 Å². The van der Waals surface area contributed by atoms with Gasteiger partial charge in [0.05, 0.1) is 12.6 Å². The number of nitrogens with zero attached hydrogens (tertiary/aromatic N) is 4. The molecule has 0 aromatic rings. The lowest BCUT2D eigenvalue weighted by atomic mass is 9.84. The normalized spacial score (nSPS) is 31.1. The van der Waals surface area contributed by atoms with Crippen molar-refractivity contribution in [3.05, 3.63) is 0 Å². The van der Waals surface area contributed by atoms with Crippen molar-refractivity contribution in [1.29, 1.82) is 0 Å². The Morgan fingerprint density at radius 3 is 2.26 bits per heavy atom. The predicted molar refractivity (Wildman–Crippen MR) is 165 cm³/mol. The molecular weight excluding hydrogens is 528 g/mol. The third kappa shape index (κ3) is 6.52. The molecule has 236 valence electrons. The number of fused-ring (bicyclic) bond motifs is 1. The summed E-state index contributed by atoms with van der Waals surface area (Å²) in [7, 11) is 0. The summed E-state index contributed by atoms with van der Waals surface area (Å²) in [4.78, 5) is 53.8. The Balaban J connectivity index is 1.47. The second-order valence-electron chi connectivity index (χ2n) is 13.7. The van der Waals surface area contributed by atoms with Crippen LogP contribution in [-0.2, 0) is 19.1 Å². The zero-order chi connectivity index (χ0) is 29.6. The first-order valence-electron chi connectivity index (χ1n) is 17.6. The Hall–Kier alpha value is -2.12. The van der Waals surface area contributed by atoms with E-state index in [1.54, 1.807) is 0 Å². The number of aliphatic imine (C=N–C) groups is 1. The molecule has 3 saturated carbocycles. The molecule has 0 spiro atoms. The van der Waals surface area contributed by atoms with Crippen molar-refractivity contribution in [1.82, 2.24) is 14.7 Å². The van der Waals surface area contributed by atoms with E-state index in [1.165, 1.54) is 25.7 Å². The van der Waals surface area contributed by atoms with E-state index in [0.717, 1.165) is 89.4 Å². The lowest BCUT2D eigenvalue weighted by Crippen LogP contribution is -2.56. The highest BCUT2D eigenvalue weighted by atomic mass is 16.5. The average molecular weight is 585 g/mol. The van der Waals surface area contributed by atoms with Crippen LogP contribution < -0.4 is 0 Å². The monoisotopic (exact) mass is 584 g/mol. The fourth-order valence-corrected chi connectivity index (χ4v) is 8.54. The molecule has 2 heterocycles. The quantitative estimate of drug-likeness (QED) is 0.225. The zero-order valence-electron chi connectivity index (χ0n) is 26.6. The molecule has 2 aliphatic heterocycles. The predicted octanol–water partition coefficient (Wildman–Crippen LogP) is 6.21. The molecule has 5 atom stereocenters. The van der Waals surface area contributed by atoms with E-state index in [9.17, 15) is 14.4 Å². The number of hydrogen-bond donors (Lipinski definition) is 0. The van der Waals surface area contributed by atoms with Gasteiger partial charge >= 0.3 is 5.97 Å². The van der Waals surface area contributed by atoms with Gasteiger partial charge in [0.1, 0.15) is 18.1 Å². The lowest BCUT2D eigenvalue weighted by molar-refractivity contribution is -0.156. The van der Waals surface area contributed by atoms with Crippen LogP contribution in [0.2, 0.25) is 0 Å². The standard InChI is InChI=1S/C34H56N4O4/c1-4-6-22-42-33(41)30-23-25-16-13-14-21-28(25)38(30)31(39)24(3)36-29(15-5-2)32(40)37(27-19-11-8-12-20-27)34(36)35-26-17-9-7-10-18-26/h24-30H,4-23H2,1-3H3/b35-34-/t24-,25-,28-,29?,30-/m0/s1. The summed E-state index contributed by atoms with van der Waals surface area (Å²) in [6.45, 7) is 6.58. The Kier molecular flexibility index (Phi) is 10.9. The van der Waals surface area contributed by atoms with E-state index < -0.39 is 12.1 Å². The van der Waals surface area contributed by atoms with Crippen molar-refractivity contribution in [3.8, 4) is 0 Å². The topological polar surface area (TPSA) is 82.5 Å². The van der Waals surface area contributed by atoms with E-state index in [0.29, 0.717) is 25.4 Å². The Morgan fingerprint density at radius 2 is 1.57 bits per heavy atom. The summed E-state index contributed by atoms with van der Waals surface area (Å²) in [6.07, 6.45) is 19.5. The van der Waals surface area contributed by atoms with Gasteiger partial charge < -0.3 is 14.5 Å². The molecule has 0 N–H and O–H groups in total. The van der Waals surface area contributed by atoms with Crippen LogP contribution in [0.3, 0.4) is 0 Å². The molecule has 5 aliphatic rings. The number of amides is 2. The summed E-state index contributed by atoms with van der Waals surface area (Å²) in [5.41, 5.74) is 0. The summed E-state index contributed by atoms with van der Waals surface area (Å²) in [6, 6.07) is -1.02. The van der Waals surface area contributed by atoms with Crippen LogP contribution in [0.25, 0.3) is 0 Å². The number of unbranched alkanes of at least 4 members (excludes halogenated alkanes) is 1. The number of ether oxygens (including phenoxy) is 1. The van der Waals surface area contributed by atoms with Crippen molar-refractivity contribution in [2.24, 2.45) is 10.9 Å². The molecule has 42 heavy (non-hydrogen) atoms. The highest BCUT2D eigenvalue weighted by molar-refractivity contribution is 6.08. The van der Waals surface area contributed by atoms with Crippen LogP contribution in [-0.4, -0.2) is 81.3 Å². The first-order valence-corrected chi connectivity index (χ1v) is 17.6. The van der Waals surface area contributed by atoms with Gasteiger partial charge in [-0.05, 0) is 70.6 Å². The Bertz CT molecular complexity index is 973. The largest absolute Gasteiger partial charge is 0.464 e. The third-order valence-electron chi connectivity index (χ3n) is 10.8. The summed E-state index contributed by atoms with van der Waals surface area (Å²) in [5.74, 6) is 0.947. The molecule has 8 nitrogen and oxygen atoms in total. The zero-order valence-corrected chi connectivity index (χ0v) is 26.6.